The molecule has 2 rings (SSSR count). The van der Waals surface area contributed by atoms with Crippen LogP contribution in [0.4, 0.5) is 18.9 Å². The van der Waals surface area contributed by atoms with Crippen LogP contribution in [0.15, 0.2) is 11.0 Å². The minimum Gasteiger partial charge on any atom is -0.371 e. The van der Waals surface area contributed by atoms with Crippen molar-refractivity contribution in [2.45, 2.75) is 31.6 Å². The van der Waals surface area contributed by atoms with Gasteiger partial charge in [0.2, 0.25) is 5.91 Å². The quantitative estimate of drug-likeness (QED) is 0.874. The summed E-state index contributed by atoms with van der Waals surface area (Å²) in [5.41, 5.74) is -1.02. The number of piperidine rings is 1. The molecule has 0 aromatic carbocycles. The molecule has 2 heterocycles. The third-order valence-electron chi connectivity index (χ3n) is 2.93. The van der Waals surface area contributed by atoms with Gasteiger partial charge in [0.25, 0.3) is 5.56 Å². The average Bonchev–Trinajstić information content (AvgIpc) is 2.39. The van der Waals surface area contributed by atoms with Crippen molar-refractivity contribution in [1.82, 2.24) is 15.1 Å². The van der Waals surface area contributed by atoms with Gasteiger partial charge in [0.05, 0.1) is 11.9 Å². The Balaban J connectivity index is 2.20. The lowest BCUT2D eigenvalue weighted by atomic mass is 10.1. The van der Waals surface area contributed by atoms with Crippen molar-refractivity contribution in [3.63, 3.8) is 0 Å². The molecule has 0 bridgehead atoms. The fraction of sp³-hybridized carbons (Fsp3) is 0.545. The van der Waals surface area contributed by atoms with E-state index in [1.807, 2.05) is 0 Å². The summed E-state index contributed by atoms with van der Waals surface area (Å²) >= 11 is 5.76. The summed E-state index contributed by atoms with van der Waals surface area (Å²) in [5, 5.41) is 8.36. The third-order valence-corrected chi connectivity index (χ3v) is 3.29. The van der Waals surface area contributed by atoms with E-state index in [1.54, 1.807) is 0 Å². The summed E-state index contributed by atoms with van der Waals surface area (Å²) in [6.45, 7) is -0.952. The van der Waals surface area contributed by atoms with Crippen LogP contribution in [-0.2, 0) is 11.3 Å². The molecule has 1 amide bonds. The monoisotopic (exact) mass is 324 g/mol. The molecule has 0 radical (unpaired) electrons. The highest BCUT2D eigenvalue weighted by Gasteiger charge is 2.30. The van der Waals surface area contributed by atoms with Crippen LogP contribution in [0.25, 0.3) is 0 Å². The summed E-state index contributed by atoms with van der Waals surface area (Å²) < 4.78 is 37.0. The van der Waals surface area contributed by atoms with E-state index in [9.17, 15) is 22.8 Å². The molecule has 6 nitrogen and oxygen atoms in total. The van der Waals surface area contributed by atoms with Crippen molar-refractivity contribution in [1.29, 1.82) is 0 Å². The highest BCUT2D eigenvalue weighted by molar-refractivity contribution is 6.33. The normalized spacial score (nSPS) is 19.2. The van der Waals surface area contributed by atoms with Crippen LogP contribution in [-0.4, -0.2) is 34.5 Å². The Morgan fingerprint density at radius 3 is 2.81 bits per heavy atom. The first kappa shape index (κ1) is 15.6. The predicted molar refractivity (Wildman–Crippen MR) is 69.2 cm³/mol. The Morgan fingerprint density at radius 2 is 2.19 bits per heavy atom. The molecule has 1 saturated heterocycles. The number of carbonyl (C=O) groups is 1. The van der Waals surface area contributed by atoms with Gasteiger partial charge in [-0.3, -0.25) is 9.59 Å². The van der Waals surface area contributed by atoms with Crippen molar-refractivity contribution >= 4 is 23.2 Å². The molecular weight excluding hydrogens is 313 g/mol. The molecule has 0 saturated carbocycles. The van der Waals surface area contributed by atoms with E-state index in [1.165, 1.54) is 0 Å². The number of nitrogens with zero attached hydrogens (tertiary/aromatic N) is 2. The fourth-order valence-electron chi connectivity index (χ4n) is 1.95. The minimum atomic E-state index is -4.57. The van der Waals surface area contributed by atoms with Crippen LogP contribution in [0.3, 0.4) is 0 Å². The van der Waals surface area contributed by atoms with Crippen LogP contribution in [0.5, 0.6) is 0 Å². The van der Waals surface area contributed by atoms with Crippen molar-refractivity contribution in [3.05, 3.63) is 21.6 Å². The van der Waals surface area contributed by atoms with Crippen LogP contribution < -0.4 is 16.2 Å². The number of anilines is 1. The summed E-state index contributed by atoms with van der Waals surface area (Å²) in [5.74, 6) is -0.253. The molecule has 116 valence electrons. The molecule has 1 aliphatic heterocycles. The summed E-state index contributed by atoms with van der Waals surface area (Å²) in [4.78, 5) is 23.3. The molecule has 1 aliphatic rings. The molecule has 0 aliphatic carbocycles. The minimum absolute atomic E-state index is 0.0436. The Labute approximate surface area is 122 Å². The summed E-state index contributed by atoms with van der Waals surface area (Å²) in [6, 6.07) is -0.587. The molecule has 10 heteroatoms. The number of aromatic nitrogens is 2. The number of halogens is 4. The lowest BCUT2D eigenvalue weighted by Crippen LogP contribution is -2.44. The molecule has 1 aromatic heterocycles. The second kappa shape index (κ2) is 5.92. The first-order valence-electron chi connectivity index (χ1n) is 6.14. The van der Waals surface area contributed by atoms with Gasteiger partial charge in [0, 0.05) is 6.54 Å². The van der Waals surface area contributed by atoms with E-state index in [4.69, 9.17) is 11.6 Å². The number of alkyl halides is 3. The zero-order chi connectivity index (χ0) is 15.6. The molecule has 2 N–H and O–H groups in total. The van der Waals surface area contributed by atoms with Crippen molar-refractivity contribution in [2.75, 3.05) is 11.9 Å². The second-order valence-electron chi connectivity index (χ2n) is 4.58. The number of amides is 1. The van der Waals surface area contributed by atoms with Gasteiger partial charge in [0.1, 0.15) is 17.6 Å². The van der Waals surface area contributed by atoms with Crippen molar-refractivity contribution in [2.24, 2.45) is 0 Å². The molecule has 0 spiro atoms. The van der Waals surface area contributed by atoms with E-state index in [0.717, 1.165) is 12.6 Å². The van der Waals surface area contributed by atoms with E-state index >= 15 is 0 Å². The maximum absolute atomic E-state index is 12.3. The maximum atomic E-state index is 12.3. The van der Waals surface area contributed by atoms with Gasteiger partial charge >= 0.3 is 6.18 Å². The molecular formula is C11H12ClF3N4O2. The van der Waals surface area contributed by atoms with Crippen molar-refractivity contribution < 1.29 is 18.0 Å². The predicted octanol–water partition coefficient (Wildman–Crippen LogP) is 1.15. The van der Waals surface area contributed by atoms with Gasteiger partial charge in [-0.1, -0.05) is 11.6 Å². The first-order chi connectivity index (χ1) is 9.78. The summed E-state index contributed by atoms with van der Waals surface area (Å²) in [7, 11) is 0. The molecule has 1 aromatic rings. The van der Waals surface area contributed by atoms with E-state index in [-0.39, 0.29) is 16.3 Å². The topological polar surface area (TPSA) is 76.0 Å². The Morgan fingerprint density at radius 1 is 1.48 bits per heavy atom. The Bertz CT molecular complexity index is 602. The molecule has 1 atom stereocenters. The van der Waals surface area contributed by atoms with Crippen LogP contribution in [0.2, 0.25) is 5.02 Å². The number of hydrogen-bond acceptors (Lipinski definition) is 4. The number of hydrogen-bond donors (Lipinski definition) is 2. The standard InChI is InChI=1S/C11H12ClF3N4O2/c12-8-7(18-6-2-1-3-16-9(6)20)4-17-19(10(8)21)5-11(13,14)15/h4,6,18H,1-3,5H2,(H,16,20). The van der Waals surface area contributed by atoms with E-state index < -0.39 is 29.3 Å². The summed E-state index contributed by atoms with van der Waals surface area (Å²) in [6.07, 6.45) is -2.27. The molecule has 1 unspecified atom stereocenters. The van der Waals surface area contributed by atoms with E-state index in [0.29, 0.717) is 13.0 Å². The van der Waals surface area contributed by atoms with E-state index in [2.05, 4.69) is 15.7 Å². The Hall–Kier alpha value is -1.77. The number of carbonyl (C=O) groups excluding carboxylic acids is 1. The lowest BCUT2D eigenvalue weighted by molar-refractivity contribution is -0.143. The lowest BCUT2D eigenvalue weighted by Gasteiger charge is -2.24. The first-order valence-corrected chi connectivity index (χ1v) is 6.52. The highest BCUT2D eigenvalue weighted by Crippen LogP contribution is 2.20. The third kappa shape index (κ3) is 3.87. The molecule has 1 fully saturated rings. The zero-order valence-electron chi connectivity index (χ0n) is 10.7. The average molecular weight is 325 g/mol. The maximum Gasteiger partial charge on any atom is 0.408 e. The van der Waals surface area contributed by atoms with Gasteiger partial charge in [-0.15, -0.1) is 0 Å². The van der Waals surface area contributed by atoms with Crippen LogP contribution >= 0.6 is 11.6 Å². The number of nitrogens with one attached hydrogen (secondary N) is 2. The number of rotatable bonds is 3. The van der Waals surface area contributed by atoms with Gasteiger partial charge < -0.3 is 10.6 Å². The second-order valence-corrected chi connectivity index (χ2v) is 4.96. The zero-order valence-corrected chi connectivity index (χ0v) is 11.5. The Kier molecular flexibility index (Phi) is 4.40. The smallest absolute Gasteiger partial charge is 0.371 e. The fourth-order valence-corrected chi connectivity index (χ4v) is 2.15. The largest absolute Gasteiger partial charge is 0.408 e. The van der Waals surface area contributed by atoms with Crippen LogP contribution in [0.1, 0.15) is 12.8 Å². The molecule has 21 heavy (non-hydrogen) atoms. The van der Waals surface area contributed by atoms with Crippen LogP contribution in [0, 0.1) is 0 Å². The highest BCUT2D eigenvalue weighted by atomic mass is 35.5. The van der Waals surface area contributed by atoms with Gasteiger partial charge in [-0.25, -0.2) is 4.68 Å². The SMILES string of the molecule is O=C1NCCCC1Nc1cnn(CC(F)(F)F)c(=O)c1Cl. The van der Waals surface area contributed by atoms with Gasteiger partial charge in [-0.2, -0.15) is 18.3 Å². The van der Waals surface area contributed by atoms with Gasteiger partial charge in [0.15, 0.2) is 0 Å². The van der Waals surface area contributed by atoms with Gasteiger partial charge in [-0.05, 0) is 12.8 Å². The van der Waals surface area contributed by atoms with Crippen molar-refractivity contribution in [3.8, 4) is 0 Å².